The van der Waals surface area contributed by atoms with Crippen molar-refractivity contribution in [3.05, 3.63) is 42.0 Å². The van der Waals surface area contributed by atoms with Gasteiger partial charge in [0.25, 0.3) is 0 Å². The van der Waals surface area contributed by atoms with Crippen molar-refractivity contribution in [2.24, 2.45) is 0 Å². The van der Waals surface area contributed by atoms with Gasteiger partial charge in [0.15, 0.2) is 0 Å². The van der Waals surface area contributed by atoms with Crippen molar-refractivity contribution < 1.29 is 9.47 Å². The lowest BCUT2D eigenvalue weighted by molar-refractivity contribution is 0.263. The summed E-state index contributed by atoms with van der Waals surface area (Å²) >= 11 is 0. The molecule has 0 aromatic heterocycles. The monoisotopic (exact) mass is 372 g/mol. The Morgan fingerprint density at radius 2 is 1.59 bits per heavy atom. The van der Waals surface area contributed by atoms with Crippen molar-refractivity contribution in [3.8, 4) is 5.75 Å². The Kier molecular flexibility index (Phi) is 12.0. The molecule has 0 amide bonds. The van der Waals surface area contributed by atoms with E-state index in [1.807, 2.05) is 6.07 Å². The van der Waals surface area contributed by atoms with Crippen molar-refractivity contribution in [1.82, 2.24) is 0 Å². The molecule has 152 valence electrons. The number of unbranched alkanes of at least 4 members (excludes halogenated alkanes) is 10. The van der Waals surface area contributed by atoms with Crippen molar-refractivity contribution in [2.75, 3.05) is 13.2 Å². The van der Waals surface area contributed by atoms with E-state index in [0.717, 1.165) is 18.8 Å². The third kappa shape index (κ3) is 11.9. The third-order valence-electron chi connectivity index (χ3n) is 5.21. The molecule has 1 aliphatic heterocycles. The standard InChI is InChI=1S/C25H40O2/c1-2-3-4-5-6-7-8-9-10-11-12-13-14-15-17-23-18-16-19-24(20-23)26-21-25-22-27-25/h8-9,16,18-20,25H,2-7,10-15,17,21-22H2,1H3/b9-8+. The molecule has 0 aliphatic carbocycles. The van der Waals surface area contributed by atoms with Crippen LogP contribution in [0.3, 0.4) is 0 Å². The highest BCUT2D eigenvalue weighted by atomic mass is 16.6. The van der Waals surface area contributed by atoms with Gasteiger partial charge in [0.2, 0.25) is 0 Å². The summed E-state index contributed by atoms with van der Waals surface area (Å²) in [6, 6.07) is 8.56. The highest BCUT2D eigenvalue weighted by Crippen LogP contribution is 2.18. The quantitative estimate of drug-likeness (QED) is 0.163. The lowest BCUT2D eigenvalue weighted by Gasteiger charge is -2.07. The van der Waals surface area contributed by atoms with Crippen molar-refractivity contribution >= 4 is 0 Å². The number of rotatable bonds is 17. The molecule has 1 aromatic rings. The summed E-state index contributed by atoms with van der Waals surface area (Å²) in [4.78, 5) is 0. The molecule has 0 bridgehead atoms. The second kappa shape index (κ2) is 14.7. The van der Waals surface area contributed by atoms with Crippen LogP contribution in [-0.4, -0.2) is 19.3 Å². The molecule has 1 heterocycles. The van der Waals surface area contributed by atoms with E-state index in [1.54, 1.807) is 0 Å². The molecule has 0 radical (unpaired) electrons. The number of aryl methyl sites for hydroxylation is 1. The van der Waals surface area contributed by atoms with Gasteiger partial charge in [0, 0.05) is 0 Å². The van der Waals surface area contributed by atoms with Crippen LogP contribution in [0.4, 0.5) is 0 Å². The second-order valence-electron chi connectivity index (χ2n) is 7.89. The predicted molar refractivity (Wildman–Crippen MR) is 116 cm³/mol. The molecule has 0 spiro atoms. The summed E-state index contributed by atoms with van der Waals surface area (Å²) in [5, 5.41) is 0. The van der Waals surface area contributed by atoms with E-state index >= 15 is 0 Å². The smallest absolute Gasteiger partial charge is 0.119 e. The van der Waals surface area contributed by atoms with Crippen molar-refractivity contribution in [2.45, 2.75) is 96.5 Å². The molecule has 0 N–H and O–H groups in total. The first-order valence-corrected chi connectivity index (χ1v) is 11.4. The van der Waals surface area contributed by atoms with Gasteiger partial charge in [0.1, 0.15) is 18.5 Å². The molecular formula is C25H40O2. The zero-order chi connectivity index (χ0) is 19.0. The number of benzene rings is 1. The summed E-state index contributed by atoms with van der Waals surface area (Å²) in [5.74, 6) is 0.986. The van der Waals surface area contributed by atoms with Crippen LogP contribution in [0.2, 0.25) is 0 Å². The maximum atomic E-state index is 5.76. The van der Waals surface area contributed by atoms with Crippen LogP contribution in [-0.2, 0) is 11.2 Å². The summed E-state index contributed by atoms with van der Waals surface area (Å²) < 4.78 is 11.0. The largest absolute Gasteiger partial charge is 0.491 e. The van der Waals surface area contributed by atoms with Gasteiger partial charge in [-0.15, -0.1) is 0 Å². The number of hydrogen-bond acceptors (Lipinski definition) is 2. The molecule has 27 heavy (non-hydrogen) atoms. The second-order valence-corrected chi connectivity index (χ2v) is 7.89. The SMILES string of the molecule is CCCCCCC/C=C/CCCCCCCc1cccc(OCC2CO2)c1. The molecule has 2 rings (SSSR count). The summed E-state index contributed by atoms with van der Waals surface area (Å²) in [5.41, 5.74) is 1.39. The fraction of sp³-hybridized carbons (Fsp3) is 0.680. The van der Waals surface area contributed by atoms with Crippen LogP contribution < -0.4 is 4.74 Å². The van der Waals surface area contributed by atoms with Gasteiger partial charge in [0.05, 0.1) is 6.61 Å². The summed E-state index contributed by atoms with van der Waals surface area (Å²) in [7, 11) is 0. The van der Waals surface area contributed by atoms with Crippen LogP contribution in [0, 0.1) is 0 Å². The Morgan fingerprint density at radius 3 is 2.30 bits per heavy atom. The number of epoxide rings is 1. The van der Waals surface area contributed by atoms with Crippen LogP contribution in [0.25, 0.3) is 0 Å². The Labute approximate surface area is 167 Å². The Hall–Kier alpha value is -1.28. The van der Waals surface area contributed by atoms with E-state index < -0.39 is 0 Å². The first-order valence-electron chi connectivity index (χ1n) is 11.4. The van der Waals surface area contributed by atoms with Crippen LogP contribution >= 0.6 is 0 Å². The molecule has 1 saturated heterocycles. The van der Waals surface area contributed by atoms with Gasteiger partial charge < -0.3 is 9.47 Å². The first-order chi connectivity index (χ1) is 13.4. The maximum Gasteiger partial charge on any atom is 0.119 e. The van der Waals surface area contributed by atoms with Crippen LogP contribution in [0.15, 0.2) is 36.4 Å². The van der Waals surface area contributed by atoms with Gasteiger partial charge >= 0.3 is 0 Å². The van der Waals surface area contributed by atoms with Crippen molar-refractivity contribution in [1.29, 1.82) is 0 Å². The fourth-order valence-corrected chi connectivity index (χ4v) is 3.37. The molecule has 2 nitrogen and oxygen atoms in total. The van der Waals surface area contributed by atoms with Gasteiger partial charge in [-0.1, -0.05) is 76.2 Å². The average molecular weight is 373 g/mol. The lowest BCUT2D eigenvalue weighted by atomic mass is 10.0. The average Bonchev–Trinajstić information content (AvgIpc) is 3.51. The van der Waals surface area contributed by atoms with Gasteiger partial charge in [-0.05, 0) is 56.2 Å². The predicted octanol–water partition coefficient (Wildman–Crippen LogP) is 7.26. The molecule has 1 fully saturated rings. The topological polar surface area (TPSA) is 21.8 Å². The van der Waals surface area contributed by atoms with E-state index in [2.05, 4.69) is 37.3 Å². The third-order valence-corrected chi connectivity index (χ3v) is 5.21. The highest BCUT2D eigenvalue weighted by molar-refractivity contribution is 5.28. The molecule has 1 aliphatic rings. The van der Waals surface area contributed by atoms with Gasteiger partial charge in [-0.25, -0.2) is 0 Å². The Balaban J connectivity index is 1.39. The Bertz CT molecular complexity index is 505. The van der Waals surface area contributed by atoms with Crippen LogP contribution in [0.5, 0.6) is 5.75 Å². The summed E-state index contributed by atoms with van der Waals surface area (Å²) in [6.07, 6.45) is 22.5. The molecule has 1 unspecified atom stereocenters. The minimum atomic E-state index is 0.328. The fourth-order valence-electron chi connectivity index (χ4n) is 3.37. The molecule has 2 heteroatoms. The Morgan fingerprint density at radius 1 is 0.926 bits per heavy atom. The molecule has 0 saturated carbocycles. The van der Waals surface area contributed by atoms with E-state index in [0.29, 0.717) is 12.7 Å². The normalized spacial score (nSPS) is 16.1. The van der Waals surface area contributed by atoms with E-state index in [1.165, 1.54) is 82.6 Å². The lowest BCUT2D eigenvalue weighted by Crippen LogP contribution is -2.04. The number of ether oxygens (including phenoxy) is 2. The number of allylic oxidation sites excluding steroid dienone is 2. The zero-order valence-electron chi connectivity index (χ0n) is 17.5. The molecular weight excluding hydrogens is 332 g/mol. The first kappa shape index (κ1) is 22.0. The van der Waals surface area contributed by atoms with E-state index in [4.69, 9.17) is 9.47 Å². The minimum absolute atomic E-state index is 0.328. The maximum absolute atomic E-state index is 5.76. The van der Waals surface area contributed by atoms with Crippen LogP contribution in [0.1, 0.15) is 89.5 Å². The highest BCUT2D eigenvalue weighted by Gasteiger charge is 2.22. The minimum Gasteiger partial charge on any atom is -0.491 e. The molecule has 1 aromatic carbocycles. The zero-order valence-corrected chi connectivity index (χ0v) is 17.5. The summed E-state index contributed by atoms with van der Waals surface area (Å²) in [6.45, 7) is 3.82. The van der Waals surface area contributed by atoms with E-state index in [-0.39, 0.29) is 0 Å². The van der Waals surface area contributed by atoms with E-state index in [9.17, 15) is 0 Å². The number of hydrogen-bond donors (Lipinski definition) is 0. The molecule has 1 atom stereocenters. The van der Waals surface area contributed by atoms with Gasteiger partial charge in [-0.3, -0.25) is 0 Å². The van der Waals surface area contributed by atoms with Gasteiger partial charge in [-0.2, -0.15) is 0 Å². The van der Waals surface area contributed by atoms with Crippen molar-refractivity contribution in [3.63, 3.8) is 0 Å².